The molecule has 0 saturated heterocycles. The number of benzene rings is 1. The maximum absolute atomic E-state index is 6.33. The molecule has 1 saturated carbocycles. The lowest BCUT2D eigenvalue weighted by atomic mass is 10.0. The molecule has 1 aliphatic heterocycles. The minimum atomic E-state index is 0.160. The number of guanidine groups is 1. The average Bonchev–Trinajstić information content (AvgIpc) is 2.98. The summed E-state index contributed by atoms with van der Waals surface area (Å²) in [7, 11) is 0. The van der Waals surface area contributed by atoms with Crippen LogP contribution in [0.15, 0.2) is 23.2 Å². The van der Waals surface area contributed by atoms with Gasteiger partial charge in [-0.05, 0) is 30.5 Å². The lowest BCUT2D eigenvalue weighted by Crippen LogP contribution is -2.42. The summed E-state index contributed by atoms with van der Waals surface area (Å²) in [6.07, 6.45) is 4.93. The fourth-order valence-electron chi connectivity index (χ4n) is 3.15. The second-order valence-corrected chi connectivity index (χ2v) is 6.07. The van der Waals surface area contributed by atoms with Crippen LogP contribution in [0.3, 0.4) is 0 Å². The average molecular weight is 298 g/mol. The molecule has 0 bridgehead atoms. The highest BCUT2D eigenvalue weighted by atomic mass is 35.5. The lowest BCUT2D eigenvalue weighted by molar-refractivity contribution is 0.262. The molecule has 2 aliphatic rings. The Balaban J connectivity index is 1.91. The van der Waals surface area contributed by atoms with Gasteiger partial charge in [-0.15, -0.1) is 0 Å². The van der Waals surface area contributed by atoms with Crippen molar-refractivity contribution in [1.29, 1.82) is 0 Å². The van der Waals surface area contributed by atoms with Gasteiger partial charge in [0.25, 0.3) is 0 Å². The van der Waals surface area contributed by atoms with Gasteiger partial charge >= 0.3 is 0 Å². The van der Waals surface area contributed by atoms with Gasteiger partial charge in [0.1, 0.15) is 0 Å². The molecular formula is C14H17Cl2N3. The maximum atomic E-state index is 6.33. The standard InChI is InChI=1S/C14H17Cl2N3/c15-9-5-6-11(12(16)7-9)13-8-18-14(17)19(13)10-3-1-2-4-10/h5-7,10,13H,1-4,8H2,(H2,17,18). The van der Waals surface area contributed by atoms with Crippen LogP contribution in [0.1, 0.15) is 37.3 Å². The zero-order valence-electron chi connectivity index (χ0n) is 10.6. The number of halogens is 2. The van der Waals surface area contributed by atoms with Crippen molar-refractivity contribution in [1.82, 2.24) is 4.90 Å². The lowest BCUT2D eigenvalue weighted by Gasteiger charge is -2.32. The van der Waals surface area contributed by atoms with Gasteiger partial charge in [-0.3, -0.25) is 4.99 Å². The number of nitrogens with two attached hydrogens (primary N) is 1. The van der Waals surface area contributed by atoms with Crippen molar-refractivity contribution in [3.05, 3.63) is 33.8 Å². The van der Waals surface area contributed by atoms with Crippen LogP contribution < -0.4 is 5.73 Å². The van der Waals surface area contributed by atoms with E-state index < -0.39 is 0 Å². The fraction of sp³-hybridized carbons (Fsp3) is 0.500. The Labute approximate surface area is 123 Å². The molecule has 0 spiro atoms. The van der Waals surface area contributed by atoms with Crippen LogP contribution >= 0.6 is 23.2 Å². The van der Waals surface area contributed by atoms with E-state index in [1.807, 2.05) is 12.1 Å². The van der Waals surface area contributed by atoms with Gasteiger partial charge in [0.15, 0.2) is 5.96 Å². The molecule has 1 unspecified atom stereocenters. The van der Waals surface area contributed by atoms with Crippen LogP contribution in [0.4, 0.5) is 0 Å². The van der Waals surface area contributed by atoms with Crippen molar-refractivity contribution < 1.29 is 0 Å². The molecule has 1 fully saturated rings. The van der Waals surface area contributed by atoms with Crippen molar-refractivity contribution in [3.8, 4) is 0 Å². The van der Waals surface area contributed by atoms with Gasteiger partial charge in [-0.2, -0.15) is 0 Å². The Bertz CT molecular complexity index is 509. The molecular weight excluding hydrogens is 281 g/mol. The van der Waals surface area contributed by atoms with E-state index in [-0.39, 0.29) is 6.04 Å². The molecule has 3 rings (SSSR count). The molecule has 2 N–H and O–H groups in total. The third kappa shape index (κ3) is 2.41. The van der Waals surface area contributed by atoms with Crippen LogP contribution in [-0.2, 0) is 0 Å². The summed E-state index contributed by atoms with van der Waals surface area (Å²) >= 11 is 12.3. The first-order valence-electron chi connectivity index (χ1n) is 6.70. The van der Waals surface area contributed by atoms with Gasteiger partial charge in [0.2, 0.25) is 0 Å². The van der Waals surface area contributed by atoms with Crippen molar-refractivity contribution >= 4 is 29.2 Å². The number of nitrogens with zero attached hydrogens (tertiary/aromatic N) is 2. The minimum Gasteiger partial charge on any atom is -0.370 e. The van der Waals surface area contributed by atoms with Crippen molar-refractivity contribution in [3.63, 3.8) is 0 Å². The van der Waals surface area contributed by atoms with E-state index in [9.17, 15) is 0 Å². The number of hydrogen-bond donors (Lipinski definition) is 1. The highest BCUT2D eigenvalue weighted by Crippen LogP contribution is 2.37. The molecule has 1 aromatic rings. The van der Waals surface area contributed by atoms with Crippen LogP contribution in [-0.4, -0.2) is 23.4 Å². The molecule has 0 aromatic heterocycles. The predicted molar refractivity (Wildman–Crippen MR) is 79.8 cm³/mol. The van der Waals surface area contributed by atoms with Gasteiger partial charge in [-0.25, -0.2) is 0 Å². The monoisotopic (exact) mass is 297 g/mol. The maximum Gasteiger partial charge on any atom is 0.192 e. The molecule has 1 aromatic carbocycles. The first kappa shape index (κ1) is 13.1. The SMILES string of the molecule is NC1=NCC(c2ccc(Cl)cc2Cl)N1C1CCCC1. The molecule has 19 heavy (non-hydrogen) atoms. The molecule has 102 valence electrons. The van der Waals surface area contributed by atoms with Gasteiger partial charge in [0, 0.05) is 16.1 Å². The smallest absolute Gasteiger partial charge is 0.192 e. The molecule has 0 amide bonds. The van der Waals surface area contributed by atoms with Crippen molar-refractivity contribution in [2.45, 2.75) is 37.8 Å². The van der Waals surface area contributed by atoms with E-state index in [1.54, 1.807) is 6.07 Å². The Morgan fingerprint density at radius 3 is 2.63 bits per heavy atom. The first-order valence-corrected chi connectivity index (χ1v) is 7.45. The Kier molecular flexibility index (Phi) is 3.59. The quantitative estimate of drug-likeness (QED) is 0.906. The van der Waals surface area contributed by atoms with E-state index in [0.717, 1.165) is 5.56 Å². The fourth-order valence-corrected chi connectivity index (χ4v) is 3.69. The van der Waals surface area contributed by atoms with Crippen molar-refractivity contribution in [2.24, 2.45) is 10.7 Å². The van der Waals surface area contributed by atoms with Gasteiger partial charge in [-0.1, -0.05) is 42.1 Å². The summed E-state index contributed by atoms with van der Waals surface area (Å²) < 4.78 is 0. The summed E-state index contributed by atoms with van der Waals surface area (Å²) in [4.78, 5) is 6.66. The Morgan fingerprint density at radius 1 is 1.21 bits per heavy atom. The minimum absolute atomic E-state index is 0.160. The largest absolute Gasteiger partial charge is 0.370 e. The Hall–Kier alpha value is -0.930. The zero-order valence-corrected chi connectivity index (χ0v) is 12.2. The van der Waals surface area contributed by atoms with E-state index in [2.05, 4.69) is 9.89 Å². The predicted octanol–water partition coefficient (Wildman–Crippen LogP) is 3.61. The van der Waals surface area contributed by atoms with Crippen LogP contribution in [0, 0.1) is 0 Å². The summed E-state index contributed by atoms with van der Waals surface area (Å²) in [5, 5.41) is 1.36. The third-order valence-corrected chi connectivity index (χ3v) is 4.63. The Morgan fingerprint density at radius 2 is 1.95 bits per heavy atom. The summed E-state index contributed by atoms with van der Waals surface area (Å²) in [5.41, 5.74) is 7.14. The van der Waals surface area contributed by atoms with E-state index >= 15 is 0 Å². The molecule has 1 atom stereocenters. The van der Waals surface area contributed by atoms with Crippen LogP contribution in [0.5, 0.6) is 0 Å². The molecule has 5 heteroatoms. The topological polar surface area (TPSA) is 41.6 Å². The van der Waals surface area contributed by atoms with Gasteiger partial charge in [0.05, 0.1) is 12.6 Å². The zero-order chi connectivity index (χ0) is 13.4. The molecule has 1 aliphatic carbocycles. The third-order valence-electron chi connectivity index (χ3n) is 4.07. The van der Waals surface area contributed by atoms with E-state index in [4.69, 9.17) is 28.9 Å². The summed E-state index contributed by atoms with van der Waals surface area (Å²) in [6, 6.07) is 6.32. The summed E-state index contributed by atoms with van der Waals surface area (Å²) in [5.74, 6) is 0.655. The number of hydrogen-bond acceptors (Lipinski definition) is 3. The number of rotatable bonds is 2. The number of aliphatic imine (C=N–C) groups is 1. The normalized spacial score (nSPS) is 24.0. The summed E-state index contributed by atoms with van der Waals surface area (Å²) in [6.45, 7) is 0.684. The second-order valence-electron chi connectivity index (χ2n) is 5.23. The van der Waals surface area contributed by atoms with E-state index in [1.165, 1.54) is 25.7 Å². The molecule has 0 radical (unpaired) electrons. The van der Waals surface area contributed by atoms with Crippen LogP contribution in [0.2, 0.25) is 10.0 Å². The second kappa shape index (κ2) is 5.22. The van der Waals surface area contributed by atoms with E-state index in [0.29, 0.717) is 28.6 Å². The molecule has 3 nitrogen and oxygen atoms in total. The highest BCUT2D eigenvalue weighted by Gasteiger charge is 2.35. The van der Waals surface area contributed by atoms with Crippen molar-refractivity contribution in [2.75, 3.05) is 6.54 Å². The highest BCUT2D eigenvalue weighted by molar-refractivity contribution is 6.35. The van der Waals surface area contributed by atoms with Gasteiger partial charge < -0.3 is 10.6 Å². The van der Waals surface area contributed by atoms with Crippen LogP contribution in [0.25, 0.3) is 0 Å². The first-order chi connectivity index (χ1) is 9.16. The molecule has 1 heterocycles.